The summed E-state index contributed by atoms with van der Waals surface area (Å²) in [6.45, 7) is 0. The van der Waals surface area contributed by atoms with E-state index in [1.807, 2.05) is 42.5 Å². The fraction of sp³-hybridized carbons (Fsp3) is 0.190. The molecule has 3 aromatic heterocycles. The van der Waals surface area contributed by atoms with Gasteiger partial charge in [-0.25, -0.2) is 4.98 Å². The maximum absolute atomic E-state index is 13.1. The number of nitrogens with zero attached hydrogens (tertiary/aromatic N) is 4. The Morgan fingerprint density at radius 1 is 1.04 bits per heavy atom. The molecule has 1 aromatic carbocycles. The van der Waals surface area contributed by atoms with E-state index in [0.717, 1.165) is 34.4 Å². The molecule has 0 radical (unpaired) electrons. The molecule has 0 spiro atoms. The van der Waals surface area contributed by atoms with Gasteiger partial charge in [0.15, 0.2) is 0 Å². The molecule has 3 heterocycles. The molecule has 0 saturated heterocycles. The maximum atomic E-state index is 13.1. The van der Waals surface area contributed by atoms with E-state index in [9.17, 15) is 4.79 Å². The van der Waals surface area contributed by atoms with Crippen molar-refractivity contribution in [1.82, 2.24) is 20.2 Å². The van der Waals surface area contributed by atoms with Crippen LogP contribution >= 0.6 is 11.3 Å². The number of benzene rings is 1. The number of para-hydroxylation sites is 1. The molecule has 0 unspecified atom stereocenters. The van der Waals surface area contributed by atoms with Crippen LogP contribution in [0.4, 0.5) is 5.13 Å². The van der Waals surface area contributed by atoms with E-state index in [1.54, 1.807) is 12.3 Å². The molecule has 28 heavy (non-hydrogen) atoms. The number of amides is 1. The van der Waals surface area contributed by atoms with Crippen LogP contribution in [0.25, 0.3) is 22.3 Å². The molecule has 6 nitrogen and oxygen atoms in total. The van der Waals surface area contributed by atoms with Gasteiger partial charge in [0.2, 0.25) is 5.13 Å². The highest BCUT2D eigenvalue weighted by molar-refractivity contribution is 7.15. The monoisotopic (exact) mass is 387 g/mol. The van der Waals surface area contributed by atoms with Gasteiger partial charge < -0.3 is 0 Å². The predicted molar refractivity (Wildman–Crippen MR) is 109 cm³/mol. The lowest BCUT2D eigenvalue weighted by Gasteiger charge is -2.21. The van der Waals surface area contributed by atoms with Crippen LogP contribution in [0.1, 0.15) is 40.5 Å². The SMILES string of the molecule is O=C(Nc1nnc(C2CCC2)s1)c1cc(-c2ccccn2)nc2ccccc12. The van der Waals surface area contributed by atoms with Gasteiger partial charge in [-0.15, -0.1) is 10.2 Å². The van der Waals surface area contributed by atoms with Crippen LogP contribution < -0.4 is 5.32 Å². The van der Waals surface area contributed by atoms with Gasteiger partial charge in [0.25, 0.3) is 5.91 Å². The number of aromatic nitrogens is 4. The summed E-state index contributed by atoms with van der Waals surface area (Å²) in [7, 11) is 0. The van der Waals surface area contributed by atoms with Crippen molar-refractivity contribution in [2.24, 2.45) is 0 Å². The Morgan fingerprint density at radius 2 is 1.89 bits per heavy atom. The normalized spacial score (nSPS) is 14.0. The van der Waals surface area contributed by atoms with Crippen molar-refractivity contribution in [1.29, 1.82) is 0 Å². The van der Waals surface area contributed by atoms with E-state index >= 15 is 0 Å². The van der Waals surface area contributed by atoms with E-state index in [2.05, 4.69) is 25.5 Å². The fourth-order valence-corrected chi connectivity index (χ4v) is 4.19. The van der Waals surface area contributed by atoms with Gasteiger partial charge in [-0.1, -0.05) is 42.0 Å². The molecule has 1 N–H and O–H groups in total. The lowest BCUT2D eigenvalue weighted by molar-refractivity contribution is 0.102. The van der Waals surface area contributed by atoms with Crippen LogP contribution in [0.15, 0.2) is 54.7 Å². The van der Waals surface area contributed by atoms with Crippen molar-refractivity contribution < 1.29 is 4.79 Å². The molecule has 5 rings (SSSR count). The fourth-order valence-electron chi connectivity index (χ4n) is 3.28. The summed E-state index contributed by atoms with van der Waals surface area (Å²) in [6, 6.07) is 15.0. The van der Waals surface area contributed by atoms with Gasteiger partial charge in [-0.2, -0.15) is 0 Å². The zero-order valence-corrected chi connectivity index (χ0v) is 15.8. The van der Waals surface area contributed by atoms with Gasteiger partial charge in [0.05, 0.1) is 22.5 Å². The van der Waals surface area contributed by atoms with E-state index in [0.29, 0.717) is 22.3 Å². The van der Waals surface area contributed by atoms with Crippen LogP contribution in [-0.4, -0.2) is 26.1 Å². The molecule has 1 fully saturated rings. The molecule has 7 heteroatoms. The first-order valence-electron chi connectivity index (χ1n) is 9.24. The van der Waals surface area contributed by atoms with Crippen LogP contribution in [-0.2, 0) is 0 Å². The Kier molecular flexibility index (Phi) is 4.29. The summed E-state index contributed by atoms with van der Waals surface area (Å²) >= 11 is 1.46. The van der Waals surface area contributed by atoms with Crippen molar-refractivity contribution in [3.63, 3.8) is 0 Å². The van der Waals surface area contributed by atoms with E-state index in [4.69, 9.17) is 0 Å². The Morgan fingerprint density at radius 3 is 2.68 bits per heavy atom. The third-order valence-corrected chi connectivity index (χ3v) is 6.00. The Hall–Kier alpha value is -3.19. The molecule has 1 aliphatic rings. The summed E-state index contributed by atoms with van der Waals surface area (Å²) in [6.07, 6.45) is 5.27. The first kappa shape index (κ1) is 16.9. The second-order valence-corrected chi connectivity index (χ2v) is 7.82. The van der Waals surface area contributed by atoms with Crippen molar-refractivity contribution in [3.8, 4) is 11.4 Å². The van der Waals surface area contributed by atoms with Crippen LogP contribution in [0, 0.1) is 0 Å². The molecule has 1 amide bonds. The van der Waals surface area contributed by atoms with Crippen LogP contribution in [0.5, 0.6) is 0 Å². The van der Waals surface area contributed by atoms with Crippen molar-refractivity contribution in [2.75, 3.05) is 5.32 Å². The summed E-state index contributed by atoms with van der Waals surface area (Å²) in [5.41, 5.74) is 2.69. The molecule has 0 bridgehead atoms. The quantitative estimate of drug-likeness (QED) is 0.550. The molecular formula is C21H17N5OS. The number of hydrogen-bond acceptors (Lipinski definition) is 6. The van der Waals surface area contributed by atoms with Gasteiger partial charge in [0, 0.05) is 17.5 Å². The Labute approximate surface area is 165 Å². The number of hydrogen-bond donors (Lipinski definition) is 1. The second kappa shape index (κ2) is 7.09. The number of nitrogens with one attached hydrogen (secondary N) is 1. The molecule has 138 valence electrons. The number of anilines is 1. The molecule has 0 atom stereocenters. The van der Waals surface area contributed by atoms with Crippen molar-refractivity contribution >= 4 is 33.3 Å². The zero-order valence-electron chi connectivity index (χ0n) is 15.0. The average molecular weight is 387 g/mol. The predicted octanol–water partition coefficient (Wildman–Crippen LogP) is 4.67. The minimum atomic E-state index is -0.216. The highest BCUT2D eigenvalue weighted by Crippen LogP contribution is 2.38. The number of carbonyl (C=O) groups is 1. The first-order chi connectivity index (χ1) is 13.8. The minimum absolute atomic E-state index is 0.216. The van der Waals surface area contributed by atoms with Gasteiger partial charge >= 0.3 is 0 Å². The standard InChI is InChI=1S/C21H17N5OS/c27-19(24-21-26-25-20(28-21)13-6-5-7-13)15-12-18(17-10-3-4-11-22-17)23-16-9-2-1-8-14(15)16/h1-4,8-13H,5-7H2,(H,24,26,27). The van der Waals surface area contributed by atoms with Gasteiger partial charge in [0.1, 0.15) is 5.01 Å². The second-order valence-electron chi connectivity index (χ2n) is 6.81. The zero-order chi connectivity index (χ0) is 18.9. The Bertz CT molecular complexity index is 1150. The topological polar surface area (TPSA) is 80.7 Å². The van der Waals surface area contributed by atoms with Crippen molar-refractivity contribution in [2.45, 2.75) is 25.2 Å². The van der Waals surface area contributed by atoms with E-state index in [1.165, 1.54) is 17.8 Å². The summed E-state index contributed by atoms with van der Waals surface area (Å²) in [4.78, 5) is 22.1. The molecular weight excluding hydrogens is 370 g/mol. The van der Waals surface area contributed by atoms with E-state index < -0.39 is 0 Å². The largest absolute Gasteiger partial charge is 0.296 e. The lowest BCUT2D eigenvalue weighted by atomic mass is 9.86. The average Bonchev–Trinajstić information content (AvgIpc) is 3.14. The smallest absolute Gasteiger partial charge is 0.258 e. The summed E-state index contributed by atoms with van der Waals surface area (Å²) < 4.78 is 0. The Balaban J connectivity index is 1.51. The molecule has 1 saturated carbocycles. The first-order valence-corrected chi connectivity index (χ1v) is 10.1. The van der Waals surface area contributed by atoms with Gasteiger partial charge in [-0.3, -0.25) is 15.1 Å². The number of pyridine rings is 2. The van der Waals surface area contributed by atoms with Crippen LogP contribution in [0.2, 0.25) is 0 Å². The molecule has 1 aliphatic carbocycles. The third-order valence-electron chi connectivity index (χ3n) is 5.00. The summed E-state index contributed by atoms with van der Waals surface area (Å²) in [5, 5.41) is 13.6. The molecule has 4 aromatic rings. The molecule has 0 aliphatic heterocycles. The third kappa shape index (κ3) is 3.14. The van der Waals surface area contributed by atoms with Gasteiger partial charge in [-0.05, 0) is 37.1 Å². The highest BCUT2D eigenvalue weighted by atomic mass is 32.1. The van der Waals surface area contributed by atoms with Crippen molar-refractivity contribution in [3.05, 3.63) is 65.3 Å². The lowest BCUT2D eigenvalue weighted by Crippen LogP contribution is -2.13. The minimum Gasteiger partial charge on any atom is -0.296 e. The summed E-state index contributed by atoms with van der Waals surface area (Å²) in [5.74, 6) is 0.285. The number of fused-ring (bicyclic) bond motifs is 1. The van der Waals surface area contributed by atoms with E-state index in [-0.39, 0.29) is 5.91 Å². The maximum Gasteiger partial charge on any atom is 0.258 e. The van der Waals surface area contributed by atoms with Crippen LogP contribution in [0.3, 0.4) is 0 Å². The number of rotatable bonds is 4. The number of carbonyl (C=O) groups excluding carboxylic acids is 1. The highest BCUT2D eigenvalue weighted by Gasteiger charge is 2.24.